The SMILES string of the molecule is Fc1ccc(Nc2nc(-c3cccnc3)nc3cc(-c4ccc5c(c4)OCO5)ccc23)cc1F. The highest BCUT2D eigenvalue weighted by Crippen LogP contribution is 2.37. The molecule has 0 radical (unpaired) electrons. The van der Waals surface area contributed by atoms with E-state index in [-0.39, 0.29) is 6.79 Å². The fourth-order valence-electron chi connectivity index (χ4n) is 3.82. The fourth-order valence-corrected chi connectivity index (χ4v) is 3.82. The number of nitrogens with zero attached hydrogens (tertiary/aromatic N) is 3. The number of ether oxygens (including phenoxy) is 2. The van der Waals surface area contributed by atoms with Crippen molar-refractivity contribution in [2.75, 3.05) is 12.1 Å². The first-order chi connectivity index (χ1) is 16.6. The Balaban J connectivity index is 1.49. The lowest BCUT2D eigenvalue weighted by Crippen LogP contribution is -2.00. The molecule has 1 N–H and O–H groups in total. The molecule has 1 aliphatic heterocycles. The van der Waals surface area contributed by atoms with E-state index in [0.717, 1.165) is 34.2 Å². The molecule has 0 unspecified atom stereocenters. The number of nitrogens with one attached hydrogen (secondary N) is 1. The number of anilines is 2. The van der Waals surface area contributed by atoms with Crippen LogP contribution in [0, 0.1) is 11.6 Å². The quantitative estimate of drug-likeness (QED) is 0.353. The zero-order chi connectivity index (χ0) is 23.1. The molecule has 34 heavy (non-hydrogen) atoms. The first kappa shape index (κ1) is 20.0. The fraction of sp³-hybridized carbons (Fsp3) is 0.0385. The second kappa shape index (κ2) is 8.08. The van der Waals surface area contributed by atoms with Crippen LogP contribution in [0.2, 0.25) is 0 Å². The van der Waals surface area contributed by atoms with Crippen LogP contribution in [0.4, 0.5) is 20.3 Å². The molecular formula is C26H16F2N4O2. The Hall–Kier alpha value is -4.59. The summed E-state index contributed by atoms with van der Waals surface area (Å²) in [4.78, 5) is 13.6. The number of hydrogen-bond acceptors (Lipinski definition) is 6. The summed E-state index contributed by atoms with van der Waals surface area (Å²) < 4.78 is 38.1. The van der Waals surface area contributed by atoms with E-state index < -0.39 is 11.6 Å². The zero-order valence-corrected chi connectivity index (χ0v) is 17.6. The summed E-state index contributed by atoms with van der Waals surface area (Å²) in [5.41, 5.74) is 3.65. The molecule has 0 amide bonds. The maximum atomic E-state index is 13.8. The molecule has 0 saturated carbocycles. The lowest BCUT2D eigenvalue weighted by Gasteiger charge is -2.13. The van der Waals surface area contributed by atoms with Crippen LogP contribution in [0.15, 0.2) is 79.1 Å². The summed E-state index contributed by atoms with van der Waals surface area (Å²) in [5, 5.41) is 3.83. The molecule has 6 rings (SSSR count). The molecule has 3 aromatic carbocycles. The normalized spacial score (nSPS) is 12.2. The van der Waals surface area contributed by atoms with Gasteiger partial charge in [0.25, 0.3) is 0 Å². The summed E-state index contributed by atoms with van der Waals surface area (Å²) >= 11 is 0. The molecule has 0 fully saturated rings. The predicted molar refractivity (Wildman–Crippen MR) is 124 cm³/mol. The zero-order valence-electron chi connectivity index (χ0n) is 17.6. The number of rotatable bonds is 4. The van der Waals surface area contributed by atoms with Crippen LogP contribution in [0.5, 0.6) is 11.5 Å². The van der Waals surface area contributed by atoms with Gasteiger partial charge in [-0.1, -0.05) is 12.1 Å². The number of aromatic nitrogens is 3. The molecule has 0 spiro atoms. The molecule has 166 valence electrons. The second-order valence-corrected chi connectivity index (χ2v) is 7.69. The summed E-state index contributed by atoms with van der Waals surface area (Å²) in [6.07, 6.45) is 3.34. The Morgan fingerprint density at radius 2 is 1.62 bits per heavy atom. The lowest BCUT2D eigenvalue weighted by atomic mass is 10.0. The van der Waals surface area contributed by atoms with Crippen molar-refractivity contribution in [2.45, 2.75) is 0 Å². The van der Waals surface area contributed by atoms with E-state index in [4.69, 9.17) is 14.5 Å². The summed E-state index contributed by atoms with van der Waals surface area (Å²) in [6, 6.07) is 18.8. The topological polar surface area (TPSA) is 69.2 Å². The Labute approximate surface area is 192 Å². The molecule has 0 saturated heterocycles. The van der Waals surface area contributed by atoms with Crippen molar-refractivity contribution < 1.29 is 18.3 Å². The Kier molecular flexibility index (Phi) is 4.76. The largest absolute Gasteiger partial charge is 0.454 e. The molecule has 0 aliphatic carbocycles. The van der Waals surface area contributed by atoms with Gasteiger partial charge in [0.05, 0.1) is 5.52 Å². The average Bonchev–Trinajstić information content (AvgIpc) is 3.34. The van der Waals surface area contributed by atoms with Crippen LogP contribution in [-0.4, -0.2) is 21.7 Å². The third-order valence-electron chi connectivity index (χ3n) is 5.50. The maximum absolute atomic E-state index is 13.8. The van der Waals surface area contributed by atoms with Crippen molar-refractivity contribution in [1.82, 2.24) is 15.0 Å². The molecular weight excluding hydrogens is 438 g/mol. The Bertz CT molecular complexity index is 1540. The van der Waals surface area contributed by atoms with Crippen molar-refractivity contribution in [3.05, 3.63) is 90.8 Å². The Morgan fingerprint density at radius 1 is 0.765 bits per heavy atom. The number of fused-ring (bicyclic) bond motifs is 2. The lowest BCUT2D eigenvalue weighted by molar-refractivity contribution is 0.174. The molecule has 1 aliphatic rings. The second-order valence-electron chi connectivity index (χ2n) is 7.69. The van der Waals surface area contributed by atoms with Gasteiger partial charge in [-0.3, -0.25) is 4.98 Å². The first-order valence-corrected chi connectivity index (χ1v) is 10.5. The highest BCUT2D eigenvalue weighted by Gasteiger charge is 2.16. The molecule has 5 aromatic rings. The third kappa shape index (κ3) is 3.65. The van der Waals surface area contributed by atoms with Gasteiger partial charge in [-0.25, -0.2) is 18.7 Å². The van der Waals surface area contributed by atoms with Crippen LogP contribution < -0.4 is 14.8 Å². The molecule has 0 atom stereocenters. The number of benzene rings is 3. The van der Waals surface area contributed by atoms with E-state index >= 15 is 0 Å². The summed E-state index contributed by atoms with van der Waals surface area (Å²) in [5.74, 6) is 0.463. The van der Waals surface area contributed by atoms with E-state index in [1.54, 1.807) is 18.5 Å². The van der Waals surface area contributed by atoms with Crippen molar-refractivity contribution in [3.8, 4) is 34.0 Å². The summed E-state index contributed by atoms with van der Waals surface area (Å²) in [7, 11) is 0. The Morgan fingerprint density at radius 3 is 2.47 bits per heavy atom. The van der Waals surface area contributed by atoms with E-state index in [1.807, 2.05) is 42.5 Å². The molecule has 2 aromatic heterocycles. The van der Waals surface area contributed by atoms with Gasteiger partial charge < -0.3 is 14.8 Å². The van der Waals surface area contributed by atoms with Crippen LogP contribution >= 0.6 is 0 Å². The highest BCUT2D eigenvalue weighted by molar-refractivity contribution is 5.95. The van der Waals surface area contributed by atoms with Gasteiger partial charge in [-0.15, -0.1) is 0 Å². The van der Waals surface area contributed by atoms with Gasteiger partial charge in [0, 0.05) is 35.1 Å². The van der Waals surface area contributed by atoms with E-state index in [9.17, 15) is 8.78 Å². The minimum Gasteiger partial charge on any atom is -0.454 e. The minimum atomic E-state index is -0.944. The first-order valence-electron chi connectivity index (χ1n) is 10.5. The standard InChI is InChI=1S/C26H16F2N4O2/c27-20-7-5-18(12-21(20)28)30-26-19-6-3-15(16-4-8-23-24(11-16)34-14-33-23)10-22(19)31-25(32-26)17-2-1-9-29-13-17/h1-13H,14H2,(H,30,31,32). The van der Waals surface area contributed by atoms with Crippen LogP contribution in [0.3, 0.4) is 0 Å². The van der Waals surface area contributed by atoms with Gasteiger partial charge >= 0.3 is 0 Å². The van der Waals surface area contributed by atoms with Crippen molar-refractivity contribution in [1.29, 1.82) is 0 Å². The van der Waals surface area contributed by atoms with Gasteiger partial charge in [-0.2, -0.15) is 0 Å². The van der Waals surface area contributed by atoms with E-state index in [0.29, 0.717) is 34.3 Å². The minimum absolute atomic E-state index is 0.206. The number of halogens is 2. The monoisotopic (exact) mass is 454 g/mol. The van der Waals surface area contributed by atoms with E-state index in [2.05, 4.69) is 15.3 Å². The average molecular weight is 454 g/mol. The summed E-state index contributed by atoms with van der Waals surface area (Å²) in [6.45, 7) is 0.206. The van der Waals surface area contributed by atoms with Gasteiger partial charge in [0.2, 0.25) is 6.79 Å². The van der Waals surface area contributed by atoms with Gasteiger partial charge in [-0.05, 0) is 59.7 Å². The maximum Gasteiger partial charge on any atom is 0.231 e. The van der Waals surface area contributed by atoms with Gasteiger partial charge in [0.1, 0.15) is 5.82 Å². The van der Waals surface area contributed by atoms with Crippen LogP contribution in [0.1, 0.15) is 0 Å². The number of pyridine rings is 1. The van der Waals surface area contributed by atoms with Crippen molar-refractivity contribution >= 4 is 22.4 Å². The van der Waals surface area contributed by atoms with Crippen molar-refractivity contribution in [3.63, 3.8) is 0 Å². The smallest absolute Gasteiger partial charge is 0.231 e. The number of hydrogen-bond donors (Lipinski definition) is 1. The van der Waals surface area contributed by atoms with Crippen LogP contribution in [-0.2, 0) is 0 Å². The third-order valence-corrected chi connectivity index (χ3v) is 5.50. The highest BCUT2D eigenvalue weighted by atomic mass is 19.2. The molecule has 8 heteroatoms. The molecule has 0 bridgehead atoms. The van der Waals surface area contributed by atoms with Gasteiger partial charge in [0.15, 0.2) is 29.0 Å². The van der Waals surface area contributed by atoms with E-state index in [1.165, 1.54) is 6.07 Å². The van der Waals surface area contributed by atoms with Crippen molar-refractivity contribution in [2.24, 2.45) is 0 Å². The molecule has 6 nitrogen and oxygen atoms in total. The van der Waals surface area contributed by atoms with Crippen LogP contribution in [0.25, 0.3) is 33.4 Å². The molecule has 3 heterocycles. The predicted octanol–water partition coefficient (Wildman–Crippen LogP) is 6.11.